The molecule has 0 spiro atoms. The minimum Gasteiger partial charge on any atom is -0.444 e. The van der Waals surface area contributed by atoms with Crippen molar-refractivity contribution < 1.29 is 9.53 Å². The third kappa shape index (κ3) is 4.02. The lowest BCUT2D eigenvalue weighted by molar-refractivity contribution is 0.0205. The van der Waals surface area contributed by atoms with Gasteiger partial charge in [0.05, 0.1) is 0 Å². The van der Waals surface area contributed by atoms with E-state index in [2.05, 4.69) is 32.1 Å². The Morgan fingerprint density at radius 2 is 1.75 bits per heavy atom. The fourth-order valence-electron chi connectivity index (χ4n) is 2.56. The lowest BCUT2D eigenvalue weighted by Crippen LogP contribution is -2.41. The van der Waals surface area contributed by atoms with Crippen molar-refractivity contribution in [1.29, 1.82) is 0 Å². The van der Waals surface area contributed by atoms with Crippen molar-refractivity contribution >= 4 is 19.4 Å². The Kier molecular flexibility index (Phi) is 4.41. The third-order valence-corrected chi connectivity index (χ3v) is 3.70. The number of amides is 1. The Labute approximate surface area is 122 Å². The summed E-state index contributed by atoms with van der Waals surface area (Å²) in [4.78, 5) is 13.8. The van der Waals surface area contributed by atoms with Crippen LogP contribution in [0.5, 0.6) is 0 Å². The van der Waals surface area contributed by atoms with Gasteiger partial charge in [-0.05, 0) is 45.1 Å². The Morgan fingerprint density at radius 1 is 1.20 bits per heavy atom. The van der Waals surface area contributed by atoms with Crippen LogP contribution in [0.1, 0.15) is 45.1 Å². The summed E-state index contributed by atoms with van der Waals surface area (Å²) in [5.74, 6) is 0.564. The van der Waals surface area contributed by atoms with Crippen LogP contribution in [0.15, 0.2) is 24.3 Å². The quantitative estimate of drug-likeness (QED) is 0.733. The highest BCUT2D eigenvalue weighted by atomic mass is 16.6. The van der Waals surface area contributed by atoms with Gasteiger partial charge in [-0.3, -0.25) is 0 Å². The summed E-state index contributed by atoms with van der Waals surface area (Å²) in [6.45, 7) is 7.29. The standard InChI is InChI=1S/C16H24BNO2/c1-16(2,3)20-15(19)18-10-8-13(9-11-18)12-4-6-14(17)7-5-12/h4-7,13H,8-11,17H2,1-3H3. The van der Waals surface area contributed by atoms with Gasteiger partial charge in [-0.1, -0.05) is 29.7 Å². The van der Waals surface area contributed by atoms with Crippen LogP contribution in [-0.2, 0) is 4.74 Å². The zero-order chi connectivity index (χ0) is 14.8. The predicted octanol–water partition coefficient (Wildman–Crippen LogP) is 2.06. The van der Waals surface area contributed by atoms with Crippen molar-refractivity contribution in [3.63, 3.8) is 0 Å². The highest BCUT2D eigenvalue weighted by Crippen LogP contribution is 2.28. The number of piperidine rings is 1. The Hall–Kier alpha value is -1.45. The summed E-state index contributed by atoms with van der Waals surface area (Å²) in [7, 11) is 2.11. The lowest BCUT2D eigenvalue weighted by Gasteiger charge is -2.33. The fourth-order valence-corrected chi connectivity index (χ4v) is 2.56. The fraction of sp³-hybridized carbons (Fsp3) is 0.562. The molecule has 4 heteroatoms. The average Bonchev–Trinajstić information content (AvgIpc) is 2.38. The molecule has 3 nitrogen and oxygen atoms in total. The van der Waals surface area contributed by atoms with E-state index in [1.807, 2.05) is 25.7 Å². The van der Waals surface area contributed by atoms with E-state index in [0.717, 1.165) is 25.9 Å². The van der Waals surface area contributed by atoms with Crippen molar-refractivity contribution in [3.05, 3.63) is 29.8 Å². The van der Waals surface area contributed by atoms with Crippen LogP contribution in [0.4, 0.5) is 4.79 Å². The summed E-state index contributed by atoms with van der Waals surface area (Å²) in [6, 6.07) is 8.75. The van der Waals surface area contributed by atoms with Gasteiger partial charge < -0.3 is 9.64 Å². The van der Waals surface area contributed by atoms with Crippen LogP contribution in [0.3, 0.4) is 0 Å². The largest absolute Gasteiger partial charge is 0.444 e. The first-order valence-corrected chi connectivity index (χ1v) is 7.39. The highest BCUT2D eigenvalue weighted by Gasteiger charge is 2.27. The first kappa shape index (κ1) is 15.0. The van der Waals surface area contributed by atoms with Crippen LogP contribution in [-0.4, -0.2) is 37.5 Å². The van der Waals surface area contributed by atoms with Crippen molar-refractivity contribution in [2.75, 3.05) is 13.1 Å². The second-order valence-electron chi connectivity index (χ2n) is 6.65. The van der Waals surface area contributed by atoms with Gasteiger partial charge in [-0.2, -0.15) is 0 Å². The molecule has 108 valence electrons. The monoisotopic (exact) mass is 273 g/mol. The predicted molar refractivity (Wildman–Crippen MR) is 84.4 cm³/mol. The molecule has 1 aromatic rings. The summed E-state index contributed by atoms with van der Waals surface area (Å²) in [5, 5.41) is 0. The van der Waals surface area contributed by atoms with E-state index in [-0.39, 0.29) is 6.09 Å². The van der Waals surface area contributed by atoms with Gasteiger partial charge in [0, 0.05) is 13.1 Å². The molecule has 0 N–H and O–H groups in total. The summed E-state index contributed by atoms with van der Waals surface area (Å²) < 4.78 is 5.42. The molecule has 0 aliphatic carbocycles. The van der Waals surface area contributed by atoms with Gasteiger partial charge in [-0.15, -0.1) is 0 Å². The van der Waals surface area contributed by atoms with Crippen LogP contribution in [0.25, 0.3) is 0 Å². The van der Waals surface area contributed by atoms with Crippen molar-refractivity contribution in [3.8, 4) is 0 Å². The van der Waals surface area contributed by atoms with Gasteiger partial charge in [0.1, 0.15) is 13.4 Å². The maximum Gasteiger partial charge on any atom is 0.410 e. The number of carbonyl (C=O) groups excluding carboxylic acids is 1. The van der Waals surface area contributed by atoms with E-state index < -0.39 is 5.60 Å². The molecule has 0 saturated carbocycles. The highest BCUT2D eigenvalue weighted by molar-refractivity contribution is 6.32. The smallest absolute Gasteiger partial charge is 0.410 e. The molecular weight excluding hydrogens is 249 g/mol. The zero-order valence-electron chi connectivity index (χ0n) is 13.0. The lowest BCUT2D eigenvalue weighted by atomic mass is 9.87. The molecule has 1 saturated heterocycles. The molecule has 20 heavy (non-hydrogen) atoms. The first-order chi connectivity index (χ1) is 9.35. The number of hydrogen-bond acceptors (Lipinski definition) is 2. The number of nitrogens with zero attached hydrogens (tertiary/aromatic N) is 1. The molecule has 1 fully saturated rings. The minimum atomic E-state index is -0.412. The Bertz CT molecular complexity index is 456. The van der Waals surface area contributed by atoms with E-state index in [0.29, 0.717) is 5.92 Å². The minimum absolute atomic E-state index is 0.181. The molecule has 0 radical (unpaired) electrons. The first-order valence-electron chi connectivity index (χ1n) is 7.39. The van der Waals surface area contributed by atoms with Gasteiger partial charge in [0.25, 0.3) is 0 Å². The van der Waals surface area contributed by atoms with Crippen molar-refractivity contribution in [2.24, 2.45) is 0 Å². The molecule has 0 bridgehead atoms. The molecule has 1 aromatic carbocycles. The van der Waals surface area contributed by atoms with E-state index in [9.17, 15) is 4.79 Å². The second-order valence-corrected chi connectivity index (χ2v) is 6.65. The number of hydrogen-bond donors (Lipinski definition) is 0. The zero-order valence-corrected chi connectivity index (χ0v) is 13.0. The van der Waals surface area contributed by atoms with Crippen LogP contribution < -0.4 is 5.46 Å². The number of carbonyl (C=O) groups is 1. The molecule has 1 heterocycles. The van der Waals surface area contributed by atoms with Gasteiger partial charge in [0.2, 0.25) is 0 Å². The van der Waals surface area contributed by atoms with E-state index in [1.165, 1.54) is 11.0 Å². The van der Waals surface area contributed by atoms with Gasteiger partial charge >= 0.3 is 6.09 Å². The number of ether oxygens (including phenoxy) is 1. The molecular formula is C16H24BNO2. The molecule has 0 unspecified atom stereocenters. The summed E-state index contributed by atoms with van der Waals surface area (Å²) in [6.07, 6.45) is 1.85. The van der Waals surface area contributed by atoms with Crippen molar-refractivity contribution in [1.82, 2.24) is 4.90 Å². The van der Waals surface area contributed by atoms with Crippen LogP contribution in [0.2, 0.25) is 0 Å². The Morgan fingerprint density at radius 3 is 2.25 bits per heavy atom. The molecule has 0 atom stereocenters. The third-order valence-electron chi connectivity index (χ3n) is 3.70. The van der Waals surface area contributed by atoms with E-state index >= 15 is 0 Å². The SMILES string of the molecule is Bc1ccc(C2CCN(C(=O)OC(C)(C)C)CC2)cc1. The number of benzene rings is 1. The Balaban J connectivity index is 1.89. The normalized spacial score (nSPS) is 17.1. The van der Waals surface area contributed by atoms with E-state index in [1.54, 1.807) is 0 Å². The van der Waals surface area contributed by atoms with Crippen LogP contribution >= 0.6 is 0 Å². The molecule has 0 aromatic heterocycles. The maximum atomic E-state index is 12.0. The molecule has 1 aliphatic heterocycles. The second kappa shape index (κ2) is 5.90. The number of rotatable bonds is 1. The van der Waals surface area contributed by atoms with E-state index in [4.69, 9.17) is 4.74 Å². The number of likely N-dealkylation sites (tertiary alicyclic amines) is 1. The molecule has 1 aliphatic rings. The van der Waals surface area contributed by atoms with Crippen molar-refractivity contribution in [2.45, 2.75) is 45.1 Å². The summed E-state index contributed by atoms with van der Waals surface area (Å²) >= 11 is 0. The summed E-state index contributed by atoms with van der Waals surface area (Å²) in [5.41, 5.74) is 2.27. The average molecular weight is 273 g/mol. The van der Waals surface area contributed by atoms with Gasteiger partial charge in [-0.25, -0.2) is 4.79 Å². The maximum absolute atomic E-state index is 12.0. The molecule has 2 rings (SSSR count). The van der Waals surface area contributed by atoms with Crippen LogP contribution in [0, 0.1) is 0 Å². The topological polar surface area (TPSA) is 29.5 Å². The van der Waals surface area contributed by atoms with Gasteiger partial charge in [0.15, 0.2) is 0 Å². The molecule has 1 amide bonds.